The van der Waals surface area contributed by atoms with Gasteiger partial charge in [0.15, 0.2) is 5.76 Å². The van der Waals surface area contributed by atoms with Crippen LogP contribution in [0.3, 0.4) is 0 Å². The lowest BCUT2D eigenvalue weighted by Crippen LogP contribution is -2.52. The fourth-order valence-corrected chi connectivity index (χ4v) is 3.70. The summed E-state index contributed by atoms with van der Waals surface area (Å²) < 4.78 is 5.10. The van der Waals surface area contributed by atoms with Gasteiger partial charge < -0.3 is 19.1 Å². The number of carbonyl (C=O) groups excluding carboxylic acids is 3. The van der Waals surface area contributed by atoms with Gasteiger partial charge in [0.2, 0.25) is 5.91 Å². The SMILES string of the molecule is CN(CC(=O)N1CCN(C(=O)c2cccc3ccccc23)CC1)C(=O)c1ccco1. The topological polar surface area (TPSA) is 74.1 Å². The molecule has 0 aliphatic carbocycles. The van der Waals surface area contributed by atoms with Crippen molar-refractivity contribution >= 4 is 28.5 Å². The van der Waals surface area contributed by atoms with Crippen LogP contribution in [0.25, 0.3) is 10.8 Å². The van der Waals surface area contributed by atoms with Crippen LogP contribution < -0.4 is 0 Å². The molecule has 30 heavy (non-hydrogen) atoms. The summed E-state index contributed by atoms with van der Waals surface area (Å²) in [5, 5.41) is 1.96. The number of hydrogen-bond acceptors (Lipinski definition) is 4. The van der Waals surface area contributed by atoms with Crippen LogP contribution in [0.4, 0.5) is 0 Å². The number of hydrogen-bond donors (Lipinski definition) is 0. The van der Waals surface area contributed by atoms with Gasteiger partial charge in [0.05, 0.1) is 12.8 Å². The maximum atomic E-state index is 13.0. The number of carbonyl (C=O) groups is 3. The molecule has 0 atom stereocenters. The minimum absolute atomic E-state index is 0.0241. The number of fused-ring (bicyclic) bond motifs is 1. The summed E-state index contributed by atoms with van der Waals surface area (Å²) in [6.45, 7) is 1.78. The highest BCUT2D eigenvalue weighted by Crippen LogP contribution is 2.20. The third kappa shape index (κ3) is 3.91. The summed E-state index contributed by atoms with van der Waals surface area (Å²) in [4.78, 5) is 42.7. The smallest absolute Gasteiger partial charge is 0.289 e. The van der Waals surface area contributed by atoms with Gasteiger partial charge in [-0.05, 0) is 29.0 Å². The molecule has 7 nitrogen and oxygen atoms in total. The zero-order valence-electron chi connectivity index (χ0n) is 16.8. The van der Waals surface area contributed by atoms with Gasteiger partial charge in [-0.15, -0.1) is 0 Å². The van der Waals surface area contributed by atoms with Gasteiger partial charge in [-0.1, -0.05) is 36.4 Å². The monoisotopic (exact) mass is 405 g/mol. The Balaban J connectivity index is 1.36. The van der Waals surface area contributed by atoms with Crippen molar-refractivity contribution in [2.75, 3.05) is 39.8 Å². The van der Waals surface area contributed by atoms with Crippen LogP contribution in [0.5, 0.6) is 0 Å². The minimum atomic E-state index is -0.335. The molecule has 3 aromatic rings. The molecular formula is C23H23N3O4. The van der Waals surface area contributed by atoms with E-state index in [2.05, 4.69) is 0 Å². The Morgan fingerprint density at radius 2 is 1.60 bits per heavy atom. The Morgan fingerprint density at radius 1 is 0.900 bits per heavy atom. The Morgan fingerprint density at radius 3 is 2.33 bits per heavy atom. The van der Waals surface area contributed by atoms with E-state index in [1.165, 1.54) is 11.2 Å². The van der Waals surface area contributed by atoms with Crippen LogP contribution in [-0.4, -0.2) is 72.2 Å². The molecule has 4 rings (SSSR count). The van der Waals surface area contributed by atoms with Gasteiger partial charge in [0, 0.05) is 38.8 Å². The number of piperazine rings is 1. The molecule has 3 amide bonds. The molecule has 1 saturated heterocycles. The number of amides is 3. The minimum Gasteiger partial charge on any atom is -0.459 e. The first kappa shape index (κ1) is 19.7. The van der Waals surface area contributed by atoms with Crippen molar-refractivity contribution in [1.29, 1.82) is 0 Å². The van der Waals surface area contributed by atoms with Crippen molar-refractivity contribution in [3.63, 3.8) is 0 Å². The standard InChI is InChI=1S/C23H23N3O4/c1-24(23(29)20-10-5-15-30-20)16-21(27)25-11-13-26(14-12-25)22(28)19-9-4-7-17-6-2-3-8-18(17)19/h2-10,15H,11-14,16H2,1H3. The van der Waals surface area contributed by atoms with Crippen LogP contribution in [0.15, 0.2) is 65.3 Å². The van der Waals surface area contributed by atoms with E-state index in [0.29, 0.717) is 31.7 Å². The molecule has 0 N–H and O–H groups in total. The van der Waals surface area contributed by atoms with Crippen molar-refractivity contribution in [3.05, 3.63) is 72.2 Å². The fraction of sp³-hybridized carbons (Fsp3) is 0.261. The predicted molar refractivity (Wildman–Crippen MR) is 112 cm³/mol. The lowest BCUT2D eigenvalue weighted by atomic mass is 10.0. The first-order valence-electron chi connectivity index (χ1n) is 9.88. The third-order valence-corrected chi connectivity index (χ3v) is 5.39. The highest BCUT2D eigenvalue weighted by molar-refractivity contribution is 6.07. The van der Waals surface area contributed by atoms with Gasteiger partial charge in [-0.25, -0.2) is 0 Å². The molecule has 0 radical (unpaired) electrons. The molecule has 0 saturated carbocycles. The number of rotatable bonds is 4. The van der Waals surface area contributed by atoms with Crippen LogP contribution in [0.2, 0.25) is 0 Å². The number of benzene rings is 2. The summed E-state index contributed by atoms with van der Waals surface area (Å²) in [5.41, 5.74) is 0.677. The lowest BCUT2D eigenvalue weighted by Gasteiger charge is -2.35. The van der Waals surface area contributed by atoms with E-state index in [4.69, 9.17) is 4.42 Å². The highest BCUT2D eigenvalue weighted by Gasteiger charge is 2.27. The van der Waals surface area contributed by atoms with E-state index in [-0.39, 0.29) is 30.0 Å². The van der Waals surface area contributed by atoms with Crippen molar-refractivity contribution in [2.24, 2.45) is 0 Å². The van der Waals surface area contributed by atoms with E-state index in [1.807, 2.05) is 42.5 Å². The molecule has 1 fully saturated rings. The van der Waals surface area contributed by atoms with E-state index in [0.717, 1.165) is 10.8 Å². The number of furan rings is 1. The second kappa shape index (κ2) is 8.41. The van der Waals surface area contributed by atoms with Crippen LogP contribution in [-0.2, 0) is 4.79 Å². The Bertz CT molecular complexity index is 1060. The molecule has 2 heterocycles. The van der Waals surface area contributed by atoms with E-state index < -0.39 is 0 Å². The molecule has 0 bridgehead atoms. The van der Waals surface area contributed by atoms with Crippen LogP contribution in [0.1, 0.15) is 20.9 Å². The summed E-state index contributed by atoms with van der Waals surface area (Å²) in [6, 6.07) is 16.8. The lowest BCUT2D eigenvalue weighted by molar-refractivity contribution is -0.133. The molecule has 1 aliphatic heterocycles. The highest BCUT2D eigenvalue weighted by atomic mass is 16.3. The fourth-order valence-electron chi connectivity index (χ4n) is 3.70. The second-order valence-corrected chi connectivity index (χ2v) is 7.34. The molecule has 0 unspecified atom stereocenters. The van der Waals surface area contributed by atoms with E-state index in [9.17, 15) is 14.4 Å². The Hall–Kier alpha value is -3.61. The molecule has 1 aromatic heterocycles. The van der Waals surface area contributed by atoms with Crippen LogP contribution in [0, 0.1) is 0 Å². The largest absolute Gasteiger partial charge is 0.459 e. The van der Waals surface area contributed by atoms with Gasteiger partial charge >= 0.3 is 0 Å². The zero-order chi connectivity index (χ0) is 21.1. The van der Waals surface area contributed by atoms with Gasteiger partial charge in [-0.3, -0.25) is 14.4 Å². The van der Waals surface area contributed by atoms with E-state index >= 15 is 0 Å². The molecule has 7 heteroatoms. The Labute approximate surface area is 174 Å². The molecule has 0 spiro atoms. The van der Waals surface area contributed by atoms with Gasteiger partial charge in [-0.2, -0.15) is 0 Å². The predicted octanol–water partition coefficient (Wildman–Crippen LogP) is 2.49. The average molecular weight is 405 g/mol. The van der Waals surface area contributed by atoms with Crippen molar-refractivity contribution in [3.8, 4) is 0 Å². The van der Waals surface area contributed by atoms with Crippen LogP contribution >= 0.6 is 0 Å². The Kier molecular flexibility index (Phi) is 5.52. The first-order valence-corrected chi connectivity index (χ1v) is 9.88. The molecule has 1 aliphatic rings. The van der Waals surface area contributed by atoms with Crippen molar-refractivity contribution in [1.82, 2.24) is 14.7 Å². The third-order valence-electron chi connectivity index (χ3n) is 5.39. The number of likely N-dealkylation sites (N-methyl/N-ethyl adjacent to an activating group) is 1. The van der Waals surface area contributed by atoms with E-state index in [1.54, 1.807) is 29.0 Å². The van der Waals surface area contributed by atoms with Gasteiger partial charge in [0.25, 0.3) is 11.8 Å². The molecular weight excluding hydrogens is 382 g/mol. The normalized spacial score (nSPS) is 14.0. The summed E-state index contributed by atoms with van der Waals surface area (Å²) in [7, 11) is 1.57. The average Bonchev–Trinajstić information content (AvgIpc) is 3.32. The first-order chi connectivity index (χ1) is 14.5. The maximum Gasteiger partial charge on any atom is 0.289 e. The molecule has 2 aromatic carbocycles. The zero-order valence-corrected chi connectivity index (χ0v) is 16.8. The molecule has 154 valence electrons. The quantitative estimate of drug-likeness (QED) is 0.669. The maximum absolute atomic E-state index is 13.0. The van der Waals surface area contributed by atoms with Gasteiger partial charge in [0.1, 0.15) is 0 Å². The summed E-state index contributed by atoms with van der Waals surface area (Å²) >= 11 is 0. The van der Waals surface area contributed by atoms with Crippen molar-refractivity contribution in [2.45, 2.75) is 0 Å². The number of nitrogens with zero attached hydrogens (tertiary/aromatic N) is 3. The summed E-state index contributed by atoms with van der Waals surface area (Å²) in [5.74, 6) is -0.299. The van der Waals surface area contributed by atoms with Crippen molar-refractivity contribution < 1.29 is 18.8 Å². The summed E-state index contributed by atoms with van der Waals surface area (Å²) in [6.07, 6.45) is 1.43. The second-order valence-electron chi connectivity index (χ2n) is 7.34.